The van der Waals surface area contributed by atoms with Crippen LogP contribution in [0.3, 0.4) is 0 Å². The van der Waals surface area contributed by atoms with Gasteiger partial charge in [-0.1, -0.05) is 6.07 Å². The molecule has 5 heteroatoms. The molecule has 0 fully saturated rings. The van der Waals surface area contributed by atoms with Crippen molar-refractivity contribution in [3.8, 4) is 11.5 Å². The van der Waals surface area contributed by atoms with Gasteiger partial charge in [-0.3, -0.25) is 4.79 Å². The topological polar surface area (TPSA) is 76.0 Å². The van der Waals surface area contributed by atoms with E-state index in [-0.39, 0.29) is 19.6 Å². The molecule has 1 aromatic rings. The number of aliphatic hydroxyl groups is 1. The summed E-state index contributed by atoms with van der Waals surface area (Å²) < 4.78 is 10.6. The molecule has 0 bridgehead atoms. The third kappa shape index (κ3) is 4.32. The number of benzene rings is 1. The fourth-order valence-electron chi connectivity index (χ4n) is 1.38. The largest absolute Gasteiger partial charge is 0.490 e. The zero-order valence-electron chi connectivity index (χ0n) is 9.68. The zero-order chi connectivity index (χ0) is 12.7. The van der Waals surface area contributed by atoms with E-state index in [2.05, 4.69) is 0 Å². The van der Waals surface area contributed by atoms with Crippen molar-refractivity contribution >= 4 is 5.97 Å². The predicted molar refractivity (Wildman–Crippen MR) is 61.5 cm³/mol. The number of aliphatic hydroxyl groups excluding tert-OH is 1. The van der Waals surface area contributed by atoms with Crippen LogP contribution in [0.4, 0.5) is 0 Å². The van der Waals surface area contributed by atoms with Crippen LogP contribution in [-0.4, -0.2) is 36.0 Å². The molecule has 17 heavy (non-hydrogen) atoms. The lowest BCUT2D eigenvalue weighted by Crippen LogP contribution is -2.05. The predicted octanol–water partition coefficient (Wildman–Crippen LogP) is 1.08. The third-order valence-corrected chi connectivity index (χ3v) is 2.01. The second-order valence-electron chi connectivity index (χ2n) is 3.36. The first kappa shape index (κ1) is 13.3. The molecule has 1 rings (SSSR count). The molecule has 0 saturated carbocycles. The van der Waals surface area contributed by atoms with Gasteiger partial charge in [-0.2, -0.15) is 0 Å². The van der Waals surface area contributed by atoms with Gasteiger partial charge in [-0.15, -0.1) is 0 Å². The molecular weight excluding hydrogens is 224 g/mol. The molecule has 0 saturated heterocycles. The molecule has 0 amide bonds. The minimum Gasteiger partial charge on any atom is -0.490 e. The van der Waals surface area contributed by atoms with E-state index in [0.29, 0.717) is 23.7 Å². The van der Waals surface area contributed by atoms with Crippen molar-refractivity contribution in [2.45, 2.75) is 13.3 Å². The van der Waals surface area contributed by atoms with Gasteiger partial charge in [0.15, 0.2) is 11.5 Å². The summed E-state index contributed by atoms with van der Waals surface area (Å²) in [5.74, 6) is 0.117. The lowest BCUT2D eigenvalue weighted by atomic mass is 10.1. The Hall–Kier alpha value is -1.75. The van der Waals surface area contributed by atoms with E-state index in [9.17, 15) is 4.79 Å². The van der Waals surface area contributed by atoms with Crippen LogP contribution >= 0.6 is 0 Å². The Kier molecular flexibility index (Phi) is 5.29. The first-order valence-electron chi connectivity index (χ1n) is 5.38. The van der Waals surface area contributed by atoms with Crippen molar-refractivity contribution < 1.29 is 24.5 Å². The van der Waals surface area contributed by atoms with Crippen LogP contribution in [0.5, 0.6) is 11.5 Å². The molecule has 0 aliphatic carbocycles. The molecule has 0 heterocycles. The van der Waals surface area contributed by atoms with Crippen LogP contribution in [0.2, 0.25) is 0 Å². The fraction of sp³-hybridized carbons (Fsp3) is 0.417. The molecule has 0 spiro atoms. The maximum Gasteiger partial charge on any atom is 0.307 e. The van der Waals surface area contributed by atoms with Gasteiger partial charge in [0, 0.05) is 0 Å². The van der Waals surface area contributed by atoms with Gasteiger partial charge in [-0.05, 0) is 24.6 Å². The number of aliphatic carboxylic acids is 1. The smallest absolute Gasteiger partial charge is 0.307 e. The monoisotopic (exact) mass is 240 g/mol. The average molecular weight is 240 g/mol. The van der Waals surface area contributed by atoms with E-state index in [4.69, 9.17) is 19.7 Å². The summed E-state index contributed by atoms with van der Waals surface area (Å²) in [6, 6.07) is 4.96. The summed E-state index contributed by atoms with van der Waals surface area (Å²) in [7, 11) is 0. The minimum atomic E-state index is -0.892. The summed E-state index contributed by atoms with van der Waals surface area (Å²) in [5.41, 5.74) is 0.650. The Labute approximate surface area is 99.6 Å². The maximum absolute atomic E-state index is 10.6. The van der Waals surface area contributed by atoms with Crippen molar-refractivity contribution in [3.05, 3.63) is 23.8 Å². The summed E-state index contributed by atoms with van der Waals surface area (Å²) in [4.78, 5) is 10.6. The Morgan fingerprint density at radius 3 is 2.65 bits per heavy atom. The SMILES string of the molecule is CCOc1cc(CC(=O)O)ccc1OCCO. The fourth-order valence-corrected chi connectivity index (χ4v) is 1.38. The van der Waals surface area contributed by atoms with Gasteiger partial charge < -0.3 is 19.7 Å². The number of carboxylic acid groups (broad SMARTS) is 1. The lowest BCUT2D eigenvalue weighted by molar-refractivity contribution is -0.136. The number of carbonyl (C=O) groups is 1. The van der Waals surface area contributed by atoms with Gasteiger partial charge in [0.1, 0.15) is 6.61 Å². The highest BCUT2D eigenvalue weighted by atomic mass is 16.5. The Morgan fingerprint density at radius 1 is 1.29 bits per heavy atom. The number of hydrogen-bond acceptors (Lipinski definition) is 4. The second kappa shape index (κ2) is 6.75. The van der Waals surface area contributed by atoms with Crippen LogP contribution in [-0.2, 0) is 11.2 Å². The van der Waals surface area contributed by atoms with Gasteiger partial charge in [0.25, 0.3) is 0 Å². The minimum absolute atomic E-state index is 0.0552. The lowest BCUT2D eigenvalue weighted by Gasteiger charge is -2.12. The number of rotatable bonds is 7. The van der Waals surface area contributed by atoms with E-state index in [1.165, 1.54) is 0 Å². The molecule has 1 aromatic carbocycles. The van der Waals surface area contributed by atoms with Gasteiger partial charge >= 0.3 is 5.97 Å². The first-order valence-corrected chi connectivity index (χ1v) is 5.38. The molecule has 0 aliphatic heterocycles. The number of ether oxygens (including phenoxy) is 2. The molecule has 5 nitrogen and oxygen atoms in total. The molecular formula is C12H16O5. The van der Waals surface area contributed by atoms with E-state index in [1.807, 2.05) is 6.92 Å². The van der Waals surface area contributed by atoms with Crippen LogP contribution in [0.1, 0.15) is 12.5 Å². The van der Waals surface area contributed by atoms with E-state index >= 15 is 0 Å². The molecule has 0 aromatic heterocycles. The van der Waals surface area contributed by atoms with Crippen LogP contribution in [0, 0.1) is 0 Å². The highest BCUT2D eigenvalue weighted by Gasteiger charge is 2.08. The van der Waals surface area contributed by atoms with Crippen molar-refractivity contribution in [3.63, 3.8) is 0 Å². The van der Waals surface area contributed by atoms with Crippen molar-refractivity contribution in [2.75, 3.05) is 19.8 Å². The highest BCUT2D eigenvalue weighted by Crippen LogP contribution is 2.28. The zero-order valence-corrected chi connectivity index (χ0v) is 9.68. The van der Waals surface area contributed by atoms with Crippen LogP contribution in [0.25, 0.3) is 0 Å². The highest BCUT2D eigenvalue weighted by molar-refractivity contribution is 5.70. The quantitative estimate of drug-likeness (QED) is 0.746. The van der Waals surface area contributed by atoms with Crippen molar-refractivity contribution in [1.82, 2.24) is 0 Å². The molecule has 2 N–H and O–H groups in total. The normalized spacial score (nSPS) is 10.0. The Balaban J connectivity index is 2.86. The third-order valence-electron chi connectivity index (χ3n) is 2.01. The van der Waals surface area contributed by atoms with Gasteiger partial charge in [0.05, 0.1) is 19.6 Å². The Morgan fingerprint density at radius 2 is 2.06 bits per heavy atom. The summed E-state index contributed by atoms with van der Waals surface area (Å²) in [6.07, 6.45) is -0.0552. The molecule has 0 radical (unpaired) electrons. The Bertz CT molecular complexity index is 375. The maximum atomic E-state index is 10.6. The van der Waals surface area contributed by atoms with E-state index < -0.39 is 5.97 Å². The molecule has 0 unspecified atom stereocenters. The standard InChI is InChI=1S/C12H16O5/c1-2-16-11-7-9(8-12(14)15)3-4-10(11)17-6-5-13/h3-4,7,13H,2,5-6,8H2,1H3,(H,14,15). The van der Waals surface area contributed by atoms with Crippen molar-refractivity contribution in [2.24, 2.45) is 0 Å². The van der Waals surface area contributed by atoms with E-state index in [1.54, 1.807) is 18.2 Å². The van der Waals surface area contributed by atoms with Crippen LogP contribution < -0.4 is 9.47 Å². The van der Waals surface area contributed by atoms with Gasteiger partial charge in [0.2, 0.25) is 0 Å². The first-order chi connectivity index (χ1) is 8.17. The number of carboxylic acids is 1. The summed E-state index contributed by atoms with van der Waals surface area (Å²) >= 11 is 0. The summed E-state index contributed by atoms with van der Waals surface area (Å²) in [5, 5.41) is 17.4. The summed E-state index contributed by atoms with van der Waals surface area (Å²) in [6.45, 7) is 2.40. The van der Waals surface area contributed by atoms with Gasteiger partial charge in [-0.25, -0.2) is 0 Å². The molecule has 0 aliphatic rings. The average Bonchev–Trinajstić information content (AvgIpc) is 2.28. The van der Waals surface area contributed by atoms with E-state index in [0.717, 1.165) is 0 Å². The molecule has 0 atom stereocenters. The molecule has 94 valence electrons. The second-order valence-corrected chi connectivity index (χ2v) is 3.36. The van der Waals surface area contributed by atoms with Crippen molar-refractivity contribution in [1.29, 1.82) is 0 Å². The van der Waals surface area contributed by atoms with Crippen LogP contribution in [0.15, 0.2) is 18.2 Å². The number of hydrogen-bond donors (Lipinski definition) is 2.